The van der Waals surface area contributed by atoms with E-state index >= 15 is 0 Å². The van der Waals surface area contributed by atoms with Gasteiger partial charge in [-0.05, 0) is 32.0 Å². The molecule has 7 heteroatoms. The van der Waals surface area contributed by atoms with Crippen LogP contribution in [0.3, 0.4) is 0 Å². The molecule has 0 aliphatic rings. The second-order valence-electron chi connectivity index (χ2n) is 5.79. The minimum atomic E-state index is -0.884. The molecule has 0 radical (unpaired) electrons. The first kappa shape index (κ1) is 17.5. The maximum Gasteiger partial charge on any atom is 0.275 e. The highest BCUT2D eigenvalue weighted by atomic mass is 32.1. The molecule has 1 atom stereocenters. The average molecular weight is 340 g/mol. The van der Waals surface area contributed by atoms with Gasteiger partial charge in [-0.25, -0.2) is 13.8 Å². The van der Waals surface area contributed by atoms with E-state index in [4.69, 9.17) is 0 Å². The van der Waals surface area contributed by atoms with E-state index in [0.717, 1.165) is 22.0 Å². The first-order valence-electron chi connectivity index (χ1n) is 7.35. The van der Waals surface area contributed by atoms with E-state index in [1.807, 2.05) is 26.3 Å². The Balaban J connectivity index is 1.99. The number of amides is 1. The van der Waals surface area contributed by atoms with Crippen molar-refractivity contribution in [3.8, 4) is 11.3 Å². The van der Waals surface area contributed by atoms with Crippen LogP contribution in [0.2, 0.25) is 0 Å². The lowest BCUT2D eigenvalue weighted by molar-refractivity contribution is -0.885. The number of halogens is 2. The van der Waals surface area contributed by atoms with Crippen molar-refractivity contribution in [1.82, 2.24) is 10.3 Å². The van der Waals surface area contributed by atoms with Crippen molar-refractivity contribution < 1.29 is 18.5 Å². The van der Waals surface area contributed by atoms with Crippen LogP contribution < -0.4 is 10.2 Å². The molecule has 0 fully saturated rings. The predicted octanol–water partition coefficient (Wildman–Crippen LogP) is 1.63. The van der Waals surface area contributed by atoms with Gasteiger partial charge in [0, 0.05) is 17.0 Å². The molecule has 0 bridgehead atoms. The lowest BCUT2D eigenvalue weighted by Gasteiger charge is -2.13. The number of hydrogen-bond acceptors (Lipinski definition) is 3. The van der Waals surface area contributed by atoms with Gasteiger partial charge < -0.3 is 10.2 Å². The number of nitrogens with zero attached hydrogens (tertiary/aromatic N) is 1. The van der Waals surface area contributed by atoms with E-state index < -0.39 is 11.6 Å². The number of aromatic nitrogens is 1. The van der Waals surface area contributed by atoms with Gasteiger partial charge in [0.1, 0.15) is 11.6 Å². The summed E-state index contributed by atoms with van der Waals surface area (Å²) in [4.78, 5) is 17.2. The molecule has 1 unspecified atom stereocenters. The second kappa shape index (κ2) is 7.61. The second-order valence-corrected chi connectivity index (χ2v) is 6.73. The van der Waals surface area contributed by atoms with E-state index in [9.17, 15) is 13.6 Å². The Bertz CT molecular complexity index is 688. The largest absolute Gasteiger partial charge is 0.349 e. The van der Waals surface area contributed by atoms with Crippen molar-refractivity contribution in [1.29, 1.82) is 0 Å². The third kappa shape index (κ3) is 5.07. The summed E-state index contributed by atoms with van der Waals surface area (Å²) in [5.41, 5.74) is 1.16. The van der Waals surface area contributed by atoms with Crippen LogP contribution in [-0.4, -0.2) is 30.5 Å². The predicted molar refractivity (Wildman–Crippen MR) is 86.2 cm³/mol. The average Bonchev–Trinajstić information content (AvgIpc) is 2.89. The zero-order chi connectivity index (χ0) is 17.0. The van der Waals surface area contributed by atoms with E-state index in [0.29, 0.717) is 24.3 Å². The molecule has 0 aliphatic heterocycles. The third-order valence-electron chi connectivity index (χ3n) is 3.13. The van der Waals surface area contributed by atoms with Crippen molar-refractivity contribution >= 4 is 17.2 Å². The SMILES string of the molecule is CC(C)NC(=O)C[NH+](C)Cc1nc(-c2ccc(F)c(F)c2)cs1. The lowest BCUT2D eigenvalue weighted by Crippen LogP contribution is -3.09. The molecule has 2 aromatic rings. The van der Waals surface area contributed by atoms with Crippen molar-refractivity contribution in [2.24, 2.45) is 0 Å². The summed E-state index contributed by atoms with van der Waals surface area (Å²) in [6, 6.07) is 3.86. The molecule has 124 valence electrons. The standard InChI is InChI=1S/C16H19F2N3OS/c1-10(2)19-15(22)7-21(3)8-16-20-14(9-23-16)11-4-5-12(17)13(18)6-11/h4-6,9-10H,7-8H2,1-3H3,(H,19,22)/p+1. The van der Waals surface area contributed by atoms with Gasteiger partial charge in [-0.3, -0.25) is 4.79 Å². The summed E-state index contributed by atoms with van der Waals surface area (Å²) in [6.45, 7) is 4.79. The smallest absolute Gasteiger partial charge is 0.275 e. The van der Waals surface area contributed by atoms with E-state index in [1.54, 1.807) is 0 Å². The third-order valence-corrected chi connectivity index (χ3v) is 3.98. The van der Waals surface area contributed by atoms with Crippen molar-refractivity contribution in [2.75, 3.05) is 13.6 Å². The summed E-state index contributed by atoms with van der Waals surface area (Å²) in [6.07, 6.45) is 0. The Morgan fingerprint density at radius 1 is 1.35 bits per heavy atom. The van der Waals surface area contributed by atoms with Gasteiger partial charge in [0.2, 0.25) is 0 Å². The molecule has 0 saturated carbocycles. The molecule has 0 spiro atoms. The highest BCUT2D eigenvalue weighted by Gasteiger charge is 2.14. The van der Waals surface area contributed by atoms with Gasteiger partial charge in [-0.2, -0.15) is 0 Å². The summed E-state index contributed by atoms with van der Waals surface area (Å²) >= 11 is 1.44. The van der Waals surface area contributed by atoms with Crippen molar-refractivity contribution in [2.45, 2.75) is 26.4 Å². The van der Waals surface area contributed by atoms with Gasteiger partial charge in [0.15, 0.2) is 18.2 Å². The van der Waals surface area contributed by atoms with E-state index in [1.165, 1.54) is 17.4 Å². The van der Waals surface area contributed by atoms with Crippen LogP contribution in [0.5, 0.6) is 0 Å². The maximum absolute atomic E-state index is 13.3. The molecule has 1 heterocycles. The summed E-state index contributed by atoms with van der Waals surface area (Å²) in [5.74, 6) is -1.76. The summed E-state index contributed by atoms with van der Waals surface area (Å²) in [5, 5.41) is 5.50. The van der Waals surface area contributed by atoms with E-state index in [-0.39, 0.29) is 11.9 Å². The number of thiazole rings is 1. The molecule has 1 aromatic carbocycles. The molecular weight excluding hydrogens is 320 g/mol. The number of carbonyl (C=O) groups is 1. The van der Waals surface area contributed by atoms with Crippen LogP contribution >= 0.6 is 11.3 Å². The first-order chi connectivity index (χ1) is 10.8. The maximum atomic E-state index is 13.3. The molecule has 1 amide bonds. The van der Waals surface area contributed by atoms with Gasteiger partial charge in [0.05, 0.1) is 12.7 Å². The fourth-order valence-electron chi connectivity index (χ4n) is 2.15. The fourth-order valence-corrected chi connectivity index (χ4v) is 3.07. The van der Waals surface area contributed by atoms with Crippen molar-refractivity contribution in [3.05, 3.63) is 40.2 Å². The number of carbonyl (C=O) groups excluding carboxylic acids is 1. The molecule has 2 rings (SSSR count). The fraction of sp³-hybridized carbons (Fsp3) is 0.375. The van der Waals surface area contributed by atoms with Crippen LogP contribution in [0.4, 0.5) is 8.78 Å². The van der Waals surface area contributed by atoms with Crippen LogP contribution in [0.15, 0.2) is 23.6 Å². The molecule has 0 saturated heterocycles. The monoisotopic (exact) mass is 340 g/mol. The number of likely N-dealkylation sites (N-methyl/N-ethyl adjacent to an activating group) is 1. The van der Waals surface area contributed by atoms with Crippen LogP contribution in [0, 0.1) is 11.6 Å². The van der Waals surface area contributed by atoms with E-state index in [2.05, 4.69) is 10.3 Å². The van der Waals surface area contributed by atoms with Gasteiger partial charge in [-0.15, -0.1) is 11.3 Å². The minimum Gasteiger partial charge on any atom is -0.349 e. The Hall–Kier alpha value is -1.86. The Labute approximate surface area is 138 Å². The van der Waals surface area contributed by atoms with Gasteiger partial charge >= 0.3 is 0 Å². The number of benzene rings is 1. The molecular formula is C16H20F2N3OS+. The number of quaternary nitrogens is 1. The Morgan fingerprint density at radius 2 is 2.09 bits per heavy atom. The topological polar surface area (TPSA) is 46.4 Å². The molecule has 0 aliphatic carbocycles. The Kier molecular flexibility index (Phi) is 5.79. The zero-order valence-electron chi connectivity index (χ0n) is 13.3. The number of nitrogens with one attached hydrogen (secondary N) is 2. The molecule has 23 heavy (non-hydrogen) atoms. The molecule has 2 N–H and O–H groups in total. The van der Waals surface area contributed by atoms with Crippen LogP contribution in [-0.2, 0) is 11.3 Å². The molecule has 1 aromatic heterocycles. The highest BCUT2D eigenvalue weighted by molar-refractivity contribution is 7.09. The summed E-state index contributed by atoms with van der Waals surface area (Å²) < 4.78 is 26.3. The molecule has 4 nitrogen and oxygen atoms in total. The minimum absolute atomic E-state index is 0.00474. The zero-order valence-corrected chi connectivity index (χ0v) is 14.1. The first-order valence-corrected chi connectivity index (χ1v) is 8.23. The lowest BCUT2D eigenvalue weighted by atomic mass is 10.2. The van der Waals surface area contributed by atoms with Crippen LogP contribution in [0.25, 0.3) is 11.3 Å². The highest BCUT2D eigenvalue weighted by Crippen LogP contribution is 2.23. The van der Waals surface area contributed by atoms with Crippen LogP contribution in [0.1, 0.15) is 18.9 Å². The van der Waals surface area contributed by atoms with Crippen molar-refractivity contribution in [3.63, 3.8) is 0 Å². The van der Waals surface area contributed by atoms with Gasteiger partial charge in [0.25, 0.3) is 5.91 Å². The Morgan fingerprint density at radius 3 is 2.74 bits per heavy atom. The number of hydrogen-bond donors (Lipinski definition) is 2. The van der Waals surface area contributed by atoms with Gasteiger partial charge in [-0.1, -0.05) is 0 Å². The number of rotatable bonds is 6. The summed E-state index contributed by atoms with van der Waals surface area (Å²) in [7, 11) is 1.92. The quantitative estimate of drug-likeness (QED) is 0.840. The normalized spacial score (nSPS) is 12.4.